The van der Waals surface area contributed by atoms with Crippen LogP contribution in [0.4, 0.5) is 5.13 Å². The van der Waals surface area contributed by atoms with Gasteiger partial charge < -0.3 is 0 Å². The maximum absolute atomic E-state index is 13.6. The van der Waals surface area contributed by atoms with Crippen LogP contribution in [-0.2, 0) is 13.0 Å². The van der Waals surface area contributed by atoms with Gasteiger partial charge in [0.25, 0.3) is 5.91 Å². The number of benzene rings is 3. The standard InChI is InChI=1S/C25H24N2OS2/c1-3-18-13-14-22-23(15-18)30-25(26-22)27(17-19-9-6-5-7-10-19)24(28)20-11-8-12-21(16-20)29-4-2/h5-16H,3-4,17H2,1-2H3. The van der Waals surface area contributed by atoms with Crippen molar-refractivity contribution < 1.29 is 4.79 Å². The Bertz CT molecular complexity index is 1150. The van der Waals surface area contributed by atoms with Gasteiger partial charge in [0.1, 0.15) is 0 Å². The number of nitrogens with zero attached hydrogens (tertiary/aromatic N) is 2. The lowest BCUT2D eigenvalue weighted by Gasteiger charge is -2.20. The van der Waals surface area contributed by atoms with Crippen molar-refractivity contribution in [1.82, 2.24) is 4.98 Å². The molecule has 0 aliphatic heterocycles. The van der Waals surface area contributed by atoms with Crippen LogP contribution in [0.3, 0.4) is 0 Å². The molecule has 0 aliphatic rings. The summed E-state index contributed by atoms with van der Waals surface area (Å²) in [6.07, 6.45) is 0.984. The summed E-state index contributed by atoms with van der Waals surface area (Å²) in [5.74, 6) is 0.954. The Morgan fingerprint density at radius 1 is 0.967 bits per heavy atom. The van der Waals surface area contributed by atoms with E-state index in [0.717, 1.165) is 38.0 Å². The lowest BCUT2D eigenvalue weighted by molar-refractivity contribution is 0.0985. The number of thioether (sulfide) groups is 1. The van der Waals surface area contributed by atoms with Gasteiger partial charge >= 0.3 is 0 Å². The van der Waals surface area contributed by atoms with Crippen LogP contribution >= 0.6 is 23.1 Å². The van der Waals surface area contributed by atoms with Crippen molar-refractivity contribution in [2.24, 2.45) is 0 Å². The quantitative estimate of drug-likeness (QED) is 0.301. The number of carbonyl (C=O) groups excluding carboxylic acids is 1. The van der Waals surface area contributed by atoms with Crippen molar-refractivity contribution in [3.8, 4) is 0 Å². The number of rotatable bonds is 7. The zero-order chi connectivity index (χ0) is 20.9. The summed E-state index contributed by atoms with van der Waals surface area (Å²) in [7, 11) is 0. The van der Waals surface area contributed by atoms with E-state index in [-0.39, 0.29) is 5.91 Å². The van der Waals surface area contributed by atoms with Crippen LogP contribution in [0.5, 0.6) is 0 Å². The van der Waals surface area contributed by atoms with Crippen LogP contribution < -0.4 is 4.90 Å². The molecule has 152 valence electrons. The second kappa shape index (κ2) is 9.45. The smallest absolute Gasteiger partial charge is 0.260 e. The van der Waals surface area contributed by atoms with Crippen LogP contribution in [0.15, 0.2) is 77.7 Å². The van der Waals surface area contributed by atoms with Gasteiger partial charge in [-0.25, -0.2) is 4.98 Å². The number of aryl methyl sites for hydroxylation is 1. The minimum atomic E-state index is -0.0211. The first-order valence-corrected chi connectivity index (χ1v) is 12.0. The molecule has 0 saturated carbocycles. The largest absolute Gasteiger partial charge is 0.279 e. The first-order valence-electron chi connectivity index (χ1n) is 10.2. The summed E-state index contributed by atoms with van der Waals surface area (Å²) in [6.45, 7) is 4.76. The monoisotopic (exact) mass is 432 g/mol. The number of carbonyl (C=O) groups is 1. The van der Waals surface area contributed by atoms with Gasteiger partial charge in [-0.3, -0.25) is 9.69 Å². The maximum Gasteiger partial charge on any atom is 0.260 e. The van der Waals surface area contributed by atoms with E-state index in [1.165, 1.54) is 5.56 Å². The fourth-order valence-electron chi connectivity index (χ4n) is 3.33. The summed E-state index contributed by atoms with van der Waals surface area (Å²) in [5.41, 5.74) is 3.99. The van der Waals surface area contributed by atoms with Gasteiger partial charge in [-0.2, -0.15) is 0 Å². The van der Waals surface area contributed by atoms with Gasteiger partial charge in [0.05, 0.1) is 16.8 Å². The second-order valence-electron chi connectivity index (χ2n) is 6.99. The summed E-state index contributed by atoms with van der Waals surface area (Å²) >= 11 is 3.32. The topological polar surface area (TPSA) is 33.2 Å². The van der Waals surface area contributed by atoms with E-state index in [1.54, 1.807) is 28.0 Å². The molecule has 0 N–H and O–H groups in total. The maximum atomic E-state index is 13.6. The molecule has 0 spiro atoms. The number of anilines is 1. The molecule has 0 fully saturated rings. The number of fused-ring (bicyclic) bond motifs is 1. The van der Waals surface area contributed by atoms with Crippen LogP contribution in [-0.4, -0.2) is 16.6 Å². The molecule has 0 aliphatic carbocycles. The molecule has 0 bridgehead atoms. The highest BCUT2D eigenvalue weighted by Crippen LogP contribution is 2.32. The van der Waals surface area contributed by atoms with E-state index >= 15 is 0 Å². The molecule has 4 aromatic rings. The minimum Gasteiger partial charge on any atom is -0.279 e. The zero-order valence-corrected chi connectivity index (χ0v) is 18.8. The molecule has 0 atom stereocenters. The molecule has 0 saturated heterocycles. The second-order valence-corrected chi connectivity index (χ2v) is 9.34. The van der Waals surface area contributed by atoms with Gasteiger partial charge in [-0.1, -0.05) is 67.6 Å². The fraction of sp³-hybridized carbons (Fsp3) is 0.200. The molecule has 5 heteroatoms. The van der Waals surface area contributed by atoms with Crippen molar-refractivity contribution in [3.63, 3.8) is 0 Å². The van der Waals surface area contributed by atoms with Gasteiger partial charge in [0.15, 0.2) is 5.13 Å². The highest BCUT2D eigenvalue weighted by molar-refractivity contribution is 7.99. The fourth-order valence-corrected chi connectivity index (χ4v) is 5.07. The van der Waals surface area contributed by atoms with E-state index in [0.29, 0.717) is 12.1 Å². The van der Waals surface area contributed by atoms with Crippen molar-refractivity contribution in [3.05, 3.63) is 89.5 Å². The third-order valence-electron chi connectivity index (χ3n) is 4.90. The number of thiazole rings is 1. The van der Waals surface area contributed by atoms with E-state index in [1.807, 2.05) is 48.5 Å². The lowest BCUT2D eigenvalue weighted by atomic mass is 10.1. The van der Waals surface area contributed by atoms with Crippen LogP contribution in [0.2, 0.25) is 0 Å². The molecule has 4 rings (SSSR count). The third-order valence-corrected chi connectivity index (χ3v) is 6.82. The van der Waals surface area contributed by atoms with Crippen LogP contribution in [0.25, 0.3) is 10.2 Å². The first-order chi connectivity index (χ1) is 14.7. The predicted octanol–water partition coefficient (Wildman–Crippen LogP) is 6.82. The average Bonchev–Trinajstić information content (AvgIpc) is 3.21. The third kappa shape index (κ3) is 4.58. The van der Waals surface area contributed by atoms with Crippen molar-refractivity contribution in [2.75, 3.05) is 10.7 Å². The Kier molecular flexibility index (Phi) is 6.50. The number of amides is 1. The molecule has 0 unspecified atom stereocenters. The molecule has 30 heavy (non-hydrogen) atoms. The van der Waals surface area contributed by atoms with E-state index in [4.69, 9.17) is 4.98 Å². The van der Waals surface area contributed by atoms with Crippen molar-refractivity contribution in [1.29, 1.82) is 0 Å². The summed E-state index contributed by atoms with van der Waals surface area (Å²) in [6, 6.07) is 24.3. The Labute approximate surface area is 185 Å². The molecule has 1 aromatic heterocycles. The highest BCUT2D eigenvalue weighted by atomic mass is 32.2. The van der Waals surface area contributed by atoms with Gasteiger partial charge in [-0.15, -0.1) is 11.8 Å². The van der Waals surface area contributed by atoms with E-state index in [9.17, 15) is 4.79 Å². The van der Waals surface area contributed by atoms with Gasteiger partial charge in [0, 0.05) is 10.5 Å². The molecule has 3 nitrogen and oxygen atoms in total. The Hall–Kier alpha value is -2.63. The normalized spacial score (nSPS) is 11.0. The predicted molar refractivity (Wildman–Crippen MR) is 129 cm³/mol. The van der Waals surface area contributed by atoms with E-state index in [2.05, 4.69) is 38.1 Å². The highest BCUT2D eigenvalue weighted by Gasteiger charge is 2.22. The molecule has 1 amide bonds. The Morgan fingerprint density at radius 3 is 2.57 bits per heavy atom. The SMILES string of the molecule is CCSc1cccc(C(=O)N(Cc2ccccc2)c2nc3ccc(CC)cc3s2)c1. The number of hydrogen-bond donors (Lipinski definition) is 0. The van der Waals surface area contributed by atoms with E-state index < -0.39 is 0 Å². The lowest BCUT2D eigenvalue weighted by Crippen LogP contribution is -2.30. The Balaban J connectivity index is 1.74. The average molecular weight is 433 g/mol. The molecule has 3 aromatic carbocycles. The first kappa shape index (κ1) is 20.6. The molecular weight excluding hydrogens is 408 g/mol. The van der Waals surface area contributed by atoms with Crippen LogP contribution in [0.1, 0.15) is 35.3 Å². The molecular formula is C25H24N2OS2. The summed E-state index contributed by atoms with van der Waals surface area (Å²) < 4.78 is 1.12. The zero-order valence-electron chi connectivity index (χ0n) is 17.2. The Morgan fingerprint density at radius 2 is 1.80 bits per heavy atom. The van der Waals surface area contributed by atoms with Gasteiger partial charge in [0.2, 0.25) is 0 Å². The summed E-state index contributed by atoms with van der Waals surface area (Å²) in [5, 5.41) is 0.737. The summed E-state index contributed by atoms with van der Waals surface area (Å²) in [4.78, 5) is 21.3. The molecule has 1 heterocycles. The minimum absolute atomic E-state index is 0.0211. The van der Waals surface area contributed by atoms with Crippen molar-refractivity contribution >= 4 is 44.4 Å². The van der Waals surface area contributed by atoms with Crippen molar-refractivity contribution in [2.45, 2.75) is 31.7 Å². The number of aromatic nitrogens is 1. The number of hydrogen-bond acceptors (Lipinski definition) is 4. The molecule has 0 radical (unpaired) electrons. The van der Waals surface area contributed by atoms with Crippen LogP contribution in [0, 0.1) is 0 Å². The van der Waals surface area contributed by atoms with Gasteiger partial charge in [-0.05, 0) is 53.6 Å².